The van der Waals surface area contributed by atoms with Crippen molar-refractivity contribution in [3.05, 3.63) is 0 Å². The topological polar surface area (TPSA) is 56.7 Å². The Morgan fingerprint density at radius 2 is 1.86 bits per heavy atom. The summed E-state index contributed by atoms with van der Waals surface area (Å²) in [5.74, 6) is 2.42. The Labute approximate surface area is 151 Å². The first-order valence-electron chi connectivity index (χ1n) is 7.26. The van der Waals surface area contributed by atoms with E-state index in [2.05, 4.69) is 35.7 Å². The second-order valence-corrected chi connectivity index (χ2v) is 5.92. The molecule has 0 rings (SSSR count). The number of hydrogen-bond donors (Lipinski definition) is 2. The summed E-state index contributed by atoms with van der Waals surface area (Å²) < 4.78 is 0. The number of aliphatic imine (C=N–C) groups is 1. The summed E-state index contributed by atoms with van der Waals surface area (Å²) in [5, 5.41) is 6.60. The molecule has 0 unspecified atom stereocenters. The Kier molecular flexibility index (Phi) is 16.2. The van der Waals surface area contributed by atoms with Crippen molar-refractivity contribution in [3.8, 4) is 0 Å². The van der Waals surface area contributed by atoms with E-state index >= 15 is 0 Å². The molecule has 0 aliphatic carbocycles. The molecule has 0 aromatic rings. The number of guanidine groups is 1. The maximum absolute atomic E-state index is 11.6. The molecule has 0 heterocycles. The van der Waals surface area contributed by atoms with E-state index < -0.39 is 0 Å². The van der Waals surface area contributed by atoms with Crippen LogP contribution in [0, 0.1) is 5.92 Å². The van der Waals surface area contributed by atoms with E-state index in [1.165, 1.54) is 0 Å². The van der Waals surface area contributed by atoms with Crippen molar-refractivity contribution in [2.24, 2.45) is 10.9 Å². The van der Waals surface area contributed by atoms with Crippen LogP contribution < -0.4 is 10.6 Å². The Balaban J connectivity index is 0. The molecule has 0 fully saturated rings. The van der Waals surface area contributed by atoms with Gasteiger partial charge in [-0.15, -0.1) is 24.0 Å². The highest BCUT2D eigenvalue weighted by Crippen LogP contribution is 2.04. The lowest BCUT2D eigenvalue weighted by atomic mass is 10.0. The Bertz CT molecular complexity index is 297. The fraction of sp³-hybridized carbons (Fsp3) is 0.857. The lowest BCUT2D eigenvalue weighted by molar-refractivity contribution is -0.127. The summed E-state index contributed by atoms with van der Waals surface area (Å²) >= 11 is 1.79. The Hall–Kier alpha value is -0.180. The fourth-order valence-electron chi connectivity index (χ4n) is 1.55. The molecule has 0 radical (unpaired) electrons. The molecule has 0 aromatic carbocycles. The summed E-state index contributed by atoms with van der Waals surface area (Å²) in [7, 11) is 3.49. The quantitative estimate of drug-likeness (QED) is 0.254. The summed E-state index contributed by atoms with van der Waals surface area (Å²) in [5.41, 5.74) is 0. The standard InChI is InChI=1S/C14H30N4OS.HI/c1-6-12(7-2)10-16-14(15-8-9-20-5)17-11-13(19)18(3)4;/h12H,6-11H2,1-5H3,(H2,15,16,17);1H. The molecule has 0 spiro atoms. The van der Waals surface area contributed by atoms with Crippen molar-refractivity contribution in [3.63, 3.8) is 0 Å². The minimum atomic E-state index is 0. The van der Waals surface area contributed by atoms with Crippen LogP contribution in [0.3, 0.4) is 0 Å². The third kappa shape index (κ3) is 12.1. The van der Waals surface area contributed by atoms with Crippen molar-refractivity contribution in [1.82, 2.24) is 15.5 Å². The van der Waals surface area contributed by atoms with Gasteiger partial charge in [-0.25, -0.2) is 4.99 Å². The summed E-state index contributed by atoms with van der Waals surface area (Å²) in [6.07, 6.45) is 4.38. The SMILES string of the molecule is CCC(CC)CNC(=NCC(=O)N(C)C)NCCSC.I. The predicted octanol–water partition coefficient (Wildman–Crippen LogP) is 2.03. The van der Waals surface area contributed by atoms with E-state index in [1.54, 1.807) is 30.8 Å². The number of thioether (sulfide) groups is 1. The van der Waals surface area contributed by atoms with Crippen molar-refractivity contribution in [2.75, 3.05) is 45.7 Å². The molecule has 5 nitrogen and oxygen atoms in total. The van der Waals surface area contributed by atoms with Gasteiger partial charge >= 0.3 is 0 Å². The lowest BCUT2D eigenvalue weighted by Gasteiger charge is -2.17. The second kappa shape index (κ2) is 14.7. The molecule has 1 amide bonds. The highest BCUT2D eigenvalue weighted by atomic mass is 127. The number of halogens is 1. The molecule has 0 aromatic heterocycles. The van der Waals surface area contributed by atoms with E-state index in [0.29, 0.717) is 5.92 Å². The molecule has 2 N–H and O–H groups in total. The molecule has 0 saturated carbocycles. The van der Waals surface area contributed by atoms with Gasteiger partial charge in [0.1, 0.15) is 6.54 Å². The summed E-state index contributed by atoms with van der Waals surface area (Å²) in [6.45, 7) is 6.33. The van der Waals surface area contributed by atoms with Crippen LogP contribution >= 0.6 is 35.7 Å². The van der Waals surface area contributed by atoms with Crippen molar-refractivity contribution in [2.45, 2.75) is 26.7 Å². The van der Waals surface area contributed by atoms with E-state index in [-0.39, 0.29) is 36.4 Å². The van der Waals surface area contributed by atoms with Crippen LogP contribution in [-0.4, -0.2) is 62.5 Å². The number of carbonyl (C=O) groups is 1. The van der Waals surface area contributed by atoms with Crippen LogP contribution in [0.4, 0.5) is 0 Å². The largest absolute Gasteiger partial charge is 0.356 e. The van der Waals surface area contributed by atoms with E-state index in [0.717, 1.165) is 37.6 Å². The molecular weight excluding hydrogens is 399 g/mol. The Morgan fingerprint density at radius 1 is 1.24 bits per heavy atom. The van der Waals surface area contributed by atoms with Gasteiger partial charge in [-0.3, -0.25) is 4.79 Å². The highest BCUT2D eigenvalue weighted by molar-refractivity contribution is 14.0. The first-order chi connectivity index (χ1) is 9.54. The summed E-state index contributed by atoms with van der Waals surface area (Å²) in [6, 6.07) is 0. The number of hydrogen-bond acceptors (Lipinski definition) is 3. The zero-order valence-electron chi connectivity index (χ0n) is 13.9. The van der Waals surface area contributed by atoms with Gasteiger partial charge in [0.2, 0.25) is 5.91 Å². The maximum Gasteiger partial charge on any atom is 0.243 e. The van der Waals surface area contributed by atoms with Gasteiger partial charge in [0.15, 0.2) is 5.96 Å². The van der Waals surface area contributed by atoms with Crippen LogP contribution in [0.15, 0.2) is 4.99 Å². The Morgan fingerprint density at radius 3 is 2.33 bits per heavy atom. The lowest BCUT2D eigenvalue weighted by Crippen LogP contribution is -2.41. The average Bonchev–Trinajstić information content (AvgIpc) is 2.44. The van der Waals surface area contributed by atoms with Gasteiger partial charge in [-0.2, -0.15) is 11.8 Å². The molecular formula is C14H31IN4OS. The second-order valence-electron chi connectivity index (χ2n) is 4.94. The fourth-order valence-corrected chi connectivity index (χ4v) is 1.86. The zero-order valence-corrected chi connectivity index (χ0v) is 17.1. The maximum atomic E-state index is 11.6. The molecule has 0 aliphatic heterocycles. The van der Waals surface area contributed by atoms with E-state index in [4.69, 9.17) is 0 Å². The number of rotatable bonds is 9. The third-order valence-electron chi connectivity index (χ3n) is 3.18. The average molecular weight is 430 g/mol. The molecule has 0 aliphatic rings. The predicted molar refractivity (Wildman–Crippen MR) is 105 cm³/mol. The molecule has 0 atom stereocenters. The van der Waals surface area contributed by atoms with Crippen LogP contribution in [-0.2, 0) is 4.79 Å². The van der Waals surface area contributed by atoms with Crippen LogP contribution in [0.1, 0.15) is 26.7 Å². The van der Waals surface area contributed by atoms with Gasteiger partial charge in [0.25, 0.3) is 0 Å². The first-order valence-corrected chi connectivity index (χ1v) is 8.65. The van der Waals surface area contributed by atoms with Crippen LogP contribution in [0.2, 0.25) is 0 Å². The zero-order chi connectivity index (χ0) is 15.4. The molecule has 21 heavy (non-hydrogen) atoms. The number of amides is 1. The normalized spacial score (nSPS) is 11.0. The van der Waals surface area contributed by atoms with Gasteiger partial charge in [-0.1, -0.05) is 26.7 Å². The van der Waals surface area contributed by atoms with Crippen molar-refractivity contribution >= 4 is 47.6 Å². The van der Waals surface area contributed by atoms with Crippen LogP contribution in [0.25, 0.3) is 0 Å². The minimum Gasteiger partial charge on any atom is -0.356 e. The number of nitrogens with zero attached hydrogens (tertiary/aromatic N) is 2. The highest BCUT2D eigenvalue weighted by Gasteiger charge is 2.07. The van der Waals surface area contributed by atoms with Gasteiger partial charge in [0.05, 0.1) is 0 Å². The van der Waals surface area contributed by atoms with Crippen molar-refractivity contribution < 1.29 is 4.79 Å². The smallest absolute Gasteiger partial charge is 0.243 e. The van der Waals surface area contributed by atoms with E-state index in [1.807, 2.05) is 0 Å². The monoisotopic (exact) mass is 430 g/mol. The third-order valence-corrected chi connectivity index (χ3v) is 3.80. The van der Waals surface area contributed by atoms with Gasteiger partial charge in [-0.05, 0) is 12.2 Å². The molecule has 7 heteroatoms. The number of likely N-dealkylation sites (N-methyl/N-ethyl adjacent to an activating group) is 1. The van der Waals surface area contributed by atoms with Gasteiger partial charge in [0, 0.05) is 32.9 Å². The van der Waals surface area contributed by atoms with E-state index in [9.17, 15) is 4.79 Å². The molecule has 0 saturated heterocycles. The minimum absolute atomic E-state index is 0. The number of nitrogens with one attached hydrogen (secondary N) is 2. The molecule has 126 valence electrons. The molecule has 0 bridgehead atoms. The summed E-state index contributed by atoms with van der Waals surface area (Å²) in [4.78, 5) is 17.5. The van der Waals surface area contributed by atoms with Crippen molar-refractivity contribution in [1.29, 1.82) is 0 Å². The first kappa shape index (κ1) is 23.1. The number of carbonyl (C=O) groups excluding carboxylic acids is 1. The van der Waals surface area contributed by atoms with Gasteiger partial charge < -0.3 is 15.5 Å². The van der Waals surface area contributed by atoms with Crippen LogP contribution in [0.5, 0.6) is 0 Å².